The van der Waals surface area contributed by atoms with Gasteiger partial charge in [0, 0.05) is 19.2 Å². The van der Waals surface area contributed by atoms with E-state index < -0.39 is 5.97 Å². The zero-order chi connectivity index (χ0) is 17.0. The molecule has 0 aliphatic heterocycles. The van der Waals surface area contributed by atoms with E-state index in [1.807, 2.05) is 24.3 Å². The Morgan fingerprint density at radius 2 is 1.48 bits per heavy atom. The number of carboxylic acid groups (broad SMARTS) is 1. The first-order valence-electron chi connectivity index (χ1n) is 7.56. The Hall–Kier alpha value is -2.62. The van der Waals surface area contributed by atoms with Crippen LogP contribution in [0.2, 0.25) is 0 Å². The third-order valence-electron chi connectivity index (χ3n) is 3.79. The summed E-state index contributed by atoms with van der Waals surface area (Å²) in [5.74, 6) is -0.571. The Bertz CT molecular complexity index is 688. The lowest BCUT2D eigenvalue weighted by atomic mass is 10.0. The van der Waals surface area contributed by atoms with Crippen molar-refractivity contribution in [1.82, 2.24) is 4.90 Å². The molecule has 0 heterocycles. The molecule has 1 N–H and O–H groups in total. The van der Waals surface area contributed by atoms with Gasteiger partial charge in [0.2, 0.25) is 0 Å². The number of carbonyl (C=O) groups excluding carboxylic acids is 1. The first kappa shape index (κ1) is 16.7. The van der Waals surface area contributed by atoms with Gasteiger partial charge in [-0.1, -0.05) is 38.1 Å². The molecule has 0 unspecified atom stereocenters. The molecule has 2 aromatic rings. The second kappa shape index (κ2) is 7.09. The van der Waals surface area contributed by atoms with Crippen LogP contribution in [0.3, 0.4) is 0 Å². The third kappa shape index (κ3) is 4.19. The third-order valence-corrected chi connectivity index (χ3v) is 3.79. The summed E-state index contributed by atoms with van der Waals surface area (Å²) in [6.45, 7) is 4.66. The molecule has 0 aliphatic rings. The molecular weight excluding hydrogens is 290 g/mol. The molecule has 2 rings (SSSR count). The van der Waals surface area contributed by atoms with E-state index in [4.69, 9.17) is 5.11 Å². The molecule has 0 bridgehead atoms. The number of hydrogen-bond donors (Lipinski definition) is 1. The standard InChI is InChI=1S/C19H21NO3/c1-13(2)15-8-10-16(11-9-15)18(21)20(3)12-14-4-6-17(7-5-14)19(22)23/h4-11,13H,12H2,1-3H3,(H,22,23). The van der Waals surface area contributed by atoms with Crippen LogP contribution in [0, 0.1) is 0 Å². The van der Waals surface area contributed by atoms with Crippen LogP contribution >= 0.6 is 0 Å². The second-order valence-corrected chi connectivity index (χ2v) is 5.94. The van der Waals surface area contributed by atoms with Crippen LogP contribution in [0.1, 0.15) is 51.6 Å². The molecule has 0 atom stereocenters. The van der Waals surface area contributed by atoms with Crippen LogP contribution in [-0.2, 0) is 6.54 Å². The molecule has 23 heavy (non-hydrogen) atoms. The maximum absolute atomic E-state index is 12.4. The molecule has 0 saturated heterocycles. The lowest BCUT2D eigenvalue weighted by molar-refractivity contribution is 0.0695. The predicted octanol–water partition coefficient (Wildman–Crippen LogP) is 3.78. The highest BCUT2D eigenvalue weighted by molar-refractivity contribution is 5.94. The number of amides is 1. The highest BCUT2D eigenvalue weighted by Crippen LogP contribution is 2.16. The molecule has 4 nitrogen and oxygen atoms in total. The molecule has 0 fully saturated rings. The van der Waals surface area contributed by atoms with Crippen LogP contribution in [0.15, 0.2) is 48.5 Å². The minimum absolute atomic E-state index is 0.0531. The predicted molar refractivity (Wildman–Crippen MR) is 89.7 cm³/mol. The van der Waals surface area contributed by atoms with Gasteiger partial charge < -0.3 is 10.0 Å². The Morgan fingerprint density at radius 3 is 1.96 bits per heavy atom. The lowest BCUT2D eigenvalue weighted by Crippen LogP contribution is -2.26. The summed E-state index contributed by atoms with van der Waals surface area (Å²) in [6.07, 6.45) is 0. The zero-order valence-corrected chi connectivity index (χ0v) is 13.6. The molecule has 2 aromatic carbocycles. The van der Waals surface area contributed by atoms with E-state index in [9.17, 15) is 9.59 Å². The van der Waals surface area contributed by atoms with Crippen LogP contribution in [-0.4, -0.2) is 28.9 Å². The van der Waals surface area contributed by atoms with Crippen LogP contribution in [0.4, 0.5) is 0 Å². The highest BCUT2D eigenvalue weighted by atomic mass is 16.4. The van der Waals surface area contributed by atoms with Gasteiger partial charge in [-0.3, -0.25) is 4.79 Å². The van der Waals surface area contributed by atoms with Gasteiger partial charge in [0.25, 0.3) is 5.91 Å². The Balaban J connectivity index is 2.05. The summed E-state index contributed by atoms with van der Waals surface area (Å²) in [7, 11) is 1.74. The van der Waals surface area contributed by atoms with Gasteiger partial charge >= 0.3 is 5.97 Å². The van der Waals surface area contributed by atoms with Crippen molar-refractivity contribution in [3.05, 3.63) is 70.8 Å². The number of aromatic carboxylic acids is 1. The van der Waals surface area contributed by atoms with E-state index in [-0.39, 0.29) is 11.5 Å². The van der Waals surface area contributed by atoms with Crippen molar-refractivity contribution >= 4 is 11.9 Å². The summed E-state index contributed by atoms with van der Waals surface area (Å²) < 4.78 is 0. The fourth-order valence-electron chi connectivity index (χ4n) is 2.33. The molecule has 0 aromatic heterocycles. The Kier molecular flexibility index (Phi) is 5.16. The average molecular weight is 311 g/mol. The molecule has 4 heteroatoms. The van der Waals surface area contributed by atoms with Gasteiger partial charge in [-0.15, -0.1) is 0 Å². The molecule has 1 amide bonds. The van der Waals surface area contributed by atoms with Crippen LogP contribution in [0.25, 0.3) is 0 Å². The molecule has 0 radical (unpaired) electrons. The fourth-order valence-corrected chi connectivity index (χ4v) is 2.33. The van der Waals surface area contributed by atoms with Gasteiger partial charge in [-0.25, -0.2) is 4.79 Å². The first-order valence-corrected chi connectivity index (χ1v) is 7.56. The number of carboxylic acids is 1. The Morgan fingerprint density at radius 1 is 0.957 bits per heavy atom. The summed E-state index contributed by atoms with van der Waals surface area (Å²) in [4.78, 5) is 24.9. The fraction of sp³-hybridized carbons (Fsp3) is 0.263. The summed E-state index contributed by atoms with van der Waals surface area (Å²) in [5, 5.41) is 8.89. The van der Waals surface area contributed by atoms with Gasteiger partial charge in [0.15, 0.2) is 0 Å². The number of rotatable bonds is 5. The van der Waals surface area contributed by atoms with Crippen molar-refractivity contribution in [2.24, 2.45) is 0 Å². The maximum Gasteiger partial charge on any atom is 0.335 e. The second-order valence-electron chi connectivity index (χ2n) is 5.94. The molecule has 0 aliphatic carbocycles. The molecular formula is C19H21NO3. The number of nitrogens with zero attached hydrogens (tertiary/aromatic N) is 1. The van der Waals surface area contributed by atoms with Crippen molar-refractivity contribution in [1.29, 1.82) is 0 Å². The maximum atomic E-state index is 12.4. The van der Waals surface area contributed by atoms with E-state index in [1.54, 1.807) is 36.2 Å². The minimum atomic E-state index is -0.953. The topological polar surface area (TPSA) is 57.6 Å². The quantitative estimate of drug-likeness (QED) is 0.914. The van der Waals surface area contributed by atoms with Gasteiger partial charge in [-0.05, 0) is 41.3 Å². The van der Waals surface area contributed by atoms with E-state index >= 15 is 0 Å². The summed E-state index contributed by atoms with van der Waals surface area (Å²) in [6, 6.07) is 14.2. The van der Waals surface area contributed by atoms with E-state index in [2.05, 4.69) is 13.8 Å². The van der Waals surface area contributed by atoms with Gasteiger partial charge in [0.05, 0.1) is 5.56 Å². The smallest absolute Gasteiger partial charge is 0.335 e. The van der Waals surface area contributed by atoms with Gasteiger partial charge in [0.1, 0.15) is 0 Å². The summed E-state index contributed by atoms with van der Waals surface area (Å²) >= 11 is 0. The van der Waals surface area contributed by atoms with Crippen molar-refractivity contribution in [3.8, 4) is 0 Å². The van der Waals surface area contributed by atoms with Crippen molar-refractivity contribution < 1.29 is 14.7 Å². The van der Waals surface area contributed by atoms with E-state index in [0.717, 1.165) is 5.56 Å². The van der Waals surface area contributed by atoms with Crippen molar-refractivity contribution in [2.45, 2.75) is 26.3 Å². The Labute approximate surface area is 136 Å². The first-order chi connectivity index (χ1) is 10.9. The van der Waals surface area contributed by atoms with Crippen LogP contribution in [0.5, 0.6) is 0 Å². The lowest BCUT2D eigenvalue weighted by Gasteiger charge is -2.18. The molecule has 120 valence electrons. The normalized spacial score (nSPS) is 10.6. The summed E-state index contributed by atoms with van der Waals surface area (Å²) in [5.41, 5.74) is 2.99. The van der Waals surface area contributed by atoms with Crippen molar-refractivity contribution in [2.75, 3.05) is 7.05 Å². The number of benzene rings is 2. The zero-order valence-electron chi connectivity index (χ0n) is 13.6. The average Bonchev–Trinajstić information content (AvgIpc) is 2.54. The largest absolute Gasteiger partial charge is 0.478 e. The number of carbonyl (C=O) groups is 2. The highest BCUT2D eigenvalue weighted by Gasteiger charge is 2.13. The van der Waals surface area contributed by atoms with Crippen molar-refractivity contribution in [3.63, 3.8) is 0 Å². The molecule has 0 saturated carbocycles. The van der Waals surface area contributed by atoms with Gasteiger partial charge in [-0.2, -0.15) is 0 Å². The van der Waals surface area contributed by atoms with E-state index in [1.165, 1.54) is 5.56 Å². The van der Waals surface area contributed by atoms with Crippen LogP contribution < -0.4 is 0 Å². The monoisotopic (exact) mass is 311 g/mol. The number of hydrogen-bond acceptors (Lipinski definition) is 2. The molecule has 0 spiro atoms. The van der Waals surface area contributed by atoms with E-state index in [0.29, 0.717) is 18.0 Å². The minimum Gasteiger partial charge on any atom is -0.478 e. The SMILES string of the molecule is CC(C)c1ccc(C(=O)N(C)Cc2ccc(C(=O)O)cc2)cc1.